The summed E-state index contributed by atoms with van der Waals surface area (Å²) in [5, 5.41) is 10.2. The van der Waals surface area contributed by atoms with Crippen LogP contribution in [0.2, 0.25) is 0 Å². The smallest absolute Gasteiger partial charge is 0.233 e. The van der Waals surface area contributed by atoms with Crippen LogP contribution in [0, 0.1) is 6.92 Å². The number of pyridine rings is 1. The molecule has 2 aromatic heterocycles. The van der Waals surface area contributed by atoms with E-state index in [1.54, 1.807) is 0 Å². The lowest BCUT2D eigenvalue weighted by Crippen LogP contribution is -2.36. The SMILES string of the molecule is Cc1ccc(-c2cc(-c3nnc(SCC(=O)N4CCCCC4)n3N)c3ccccc3n2)cc1. The van der Waals surface area contributed by atoms with Crippen molar-refractivity contribution in [3.63, 3.8) is 0 Å². The first-order valence-corrected chi connectivity index (χ1v) is 12.2. The van der Waals surface area contributed by atoms with Crippen LogP contribution >= 0.6 is 11.8 Å². The molecular weight excluding hydrogens is 432 g/mol. The number of hydrogen-bond acceptors (Lipinski definition) is 6. The lowest BCUT2D eigenvalue weighted by Gasteiger charge is -2.26. The third-order valence-corrected chi connectivity index (χ3v) is 6.93. The van der Waals surface area contributed by atoms with Gasteiger partial charge < -0.3 is 10.7 Å². The molecule has 5 rings (SSSR count). The molecule has 8 heteroatoms. The van der Waals surface area contributed by atoms with Crippen molar-refractivity contribution < 1.29 is 4.79 Å². The minimum atomic E-state index is 0.125. The van der Waals surface area contributed by atoms with Gasteiger partial charge in [0.05, 0.1) is 17.0 Å². The lowest BCUT2D eigenvalue weighted by molar-refractivity contribution is -0.129. The minimum absolute atomic E-state index is 0.125. The van der Waals surface area contributed by atoms with Gasteiger partial charge in [-0.15, -0.1) is 10.2 Å². The van der Waals surface area contributed by atoms with Gasteiger partial charge >= 0.3 is 0 Å². The Hall–Kier alpha value is -3.39. The van der Waals surface area contributed by atoms with E-state index in [0.29, 0.717) is 16.7 Å². The second-order valence-corrected chi connectivity index (χ2v) is 9.29. The Labute approximate surface area is 197 Å². The molecule has 4 aromatic rings. The number of nitrogens with two attached hydrogens (primary N) is 1. The fourth-order valence-electron chi connectivity index (χ4n) is 4.15. The molecule has 2 N–H and O–H groups in total. The Balaban J connectivity index is 1.47. The van der Waals surface area contributed by atoms with Crippen LogP contribution in [0.25, 0.3) is 33.5 Å². The van der Waals surface area contributed by atoms with E-state index in [2.05, 4.69) is 41.4 Å². The third kappa shape index (κ3) is 4.43. The zero-order chi connectivity index (χ0) is 22.8. The maximum absolute atomic E-state index is 12.6. The highest BCUT2D eigenvalue weighted by Gasteiger charge is 2.20. The van der Waals surface area contributed by atoms with Crippen LogP contribution in [0.1, 0.15) is 24.8 Å². The summed E-state index contributed by atoms with van der Waals surface area (Å²) < 4.78 is 1.48. The van der Waals surface area contributed by atoms with Crippen molar-refractivity contribution in [1.82, 2.24) is 24.8 Å². The highest BCUT2D eigenvalue weighted by molar-refractivity contribution is 7.99. The van der Waals surface area contributed by atoms with Crippen LogP contribution in [0.3, 0.4) is 0 Å². The van der Waals surface area contributed by atoms with E-state index in [-0.39, 0.29) is 5.91 Å². The summed E-state index contributed by atoms with van der Waals surface area (Å²) in [5.41, 5.74) is 4.80. The van der Waals surface area contributed by atoms with Gasteiger partial charge in [0, 0.05) is 29.6 Å². The van der Waals surface area contributed by atoms with Crippen LogP contribution in [-0.4, -0.2) is 49.5 Å². The molecule has 0 aliphatic carbocycles. The maximum Gasteiger partial charge on any atom is 0.233 e. The number of aryl methyl sites for hydroxylation is 1. The number of para-hydroxylation sites is 1. The van der Waals surface area contributed by atoms with Gasteiger partial charge in [0.1, 0.15) is 0 Å². The van der Waals surface area contributed by atoms with Gasteiger partial charge in [0.2, 0.25) is 11.1 Å². The van der Waals surface area contributed by atoms with Gasteiger partial charge in [-0.25, -0.2) is 9.66 Å². The quantitative estimate of drug-likeness (QED) is 0.354. The molecule has 0 atom stereocenters. The predicted molar refractivity (Wildman–Crippen MR) is 132 cm³/mol. The number of carbonyl (C=O) groups excluding carboxylic acids is 1. The lowest BCUT2D eigenvalue weighted by atomic mass is 10.0. The number of amides is 1. The second-order valence-electron chi connectivity index (χ2n) is 8.34. The van der Waals surface area contributed by atoms with E-state index >= 15 is 0 Å². The number of aromatic nitrogens is 4. The Bertz CT molecular complexity index is 1290. The Kier molecular flexibility index (Phi) is 6.00. The molecule has 2 aromatic carbocycles. The van der Waals surface area contributed by atoms with Crippen molar-refractivity contribution >= 4 is 28.6 Å². The number of fused-ring (bicyclic) bond motifs is 1. The highest BCUT2D eigenvalue weighted by atomic mass is 32.2. The van der Waals surface area contributed by atoms with E-state index in [4.69, 9.17) is 10.8 Å². The molecule has 0 bridgehead atoms. The molecule has 33 heavy (non-hydrogen) atoms. The molecule has 168 valence electrons. The third-order valence-electron chi connectivity index (χ3n) is 6.00. The normalized spacial score (nSPS) is 14.0. The molecule has 1 aliphatic heterocycles. The number of benzene rings is 2. The van der Waals surface area contributed by atoms with Crippen LogP contribution in [0.4, 0.5) is 0 Å². The monoisotopic (exact) mass is 458 g/mol. The summed E-state index contributed by atoms with van der Waals surface area (Å²) in [6.07, 6.45) is 3.35. The summed E-state index contributed by atoms with van der Waals surface area (Å²) in [6, 6.07) is 18.2. The van der Waals surface area contributed by atoms with Gasteiger partial charge in [-0.3, -0.25) is 4.79 Å². The molecule has 1 aliphatic rings. The molecule has 1 amide bonds. The second kappa shape index (κ2) is 9.23. The molecular formula is C25H26N6OS. The molecule has 7 nitrogen and oxygen atoms in total. The molecule has 0 radical (unpaired) electrons. The van der Waals surface area contributed by atoms with Crippen molar-refractivity contribution in [2.45, 2.75) is 31.3 Å². The molecule has 1 fully saturated rings. The highest BCUT2D eigenvalue weighted by Crippen LogP contribution is 2.32. The Morgan fingerprint density at radius 3 is 2.58 bits per heavy atom. The number of hydrogen-bond donors (Lipinski definition) is 1. The molecule has 0 saturated carbocycles. The van der Waals surface area contributed by atoms with Crippen LogP contribution < -0.4 is 5.84 Å². The largest absolute Gasteiger partial charge is 0.342 e. The van der Waals surface area contributed by atoms with E-state index in [1.807, 2.05) is 35.2 Å². The fourth-order valence-corrected chi connectivity index (χ4v) is 4.91. The number of nitrogen functional groups attached to an aromatic ring is 1. The van der Waals surface area contributed by atoms with Crippen LogP contribution in [-0.2, 0) is 4.79 Å². The van der Waals surface area contributed by atoms with Crippen molar-refractivity contribution in [2.24, 2.45) is 0 Å². The molecule has 3 heterocycles. The average molecular weight is 459 g/mol. The molecule has 0 spiro atoms. The van der Waals surface area contributed by atoms with E-state index in [1.165, 1.54) is 28.4 Å². The first-order valence-electron chi connectivity index (χ1n) is 11.2. The predicted octanol–water partition coefficient (Wildman–Crippen LogP) is 4.29. The number of likely N-dealkylation sites (tertiary alicyclic amines) is 1. The van der Waals surface area contributed by atoms with Crippen molar-refractivity contribution in [3.8, 4) is 22.6 Å². The Morgan fingerprint density at radius 1 is 1.03 bits per heavy atom. The summed E-state index contributed by atoms with van der Waals surface area (Å²) in [5.74, 6) is 7.41. The van der Waals surface area contributed by atoms with Gasteiger partial charge in [-0.1, -0.05) is 59.8 Å². The van der Waals surface area contributed by atoms with Gasteiger partial charge in [0.15, 0.2) is 5.82 Å². The first-order chi connectivity index (χ1) is 16.1. The average Bonchev–Trinajstić information content (AvgIpc) is 3.22. The summed E-state index contributed by atoms with van der Waals surface area (Å²) >= 11 is 1.33. The summed E-state index contributed by atoms with van der Waals surface area (Å²) in [7, 11) is 0. The molecule has 1 saturated heterocycles. The van der Waals surface area contributed by atoms with E-state index in [0.717, 1.165) is 53.7 Å². The number of carbonyl (C=O) groups is 1. The fraction of sp³-hybridized carbons (Fsp3) is 0.280. The zero-order valence-corrected chi connectivity index (χ0v) is 19.4. The van der Waals surface area contributed by atoms with Gasteiger partial charge in [-0.2, -0.15) is 0 Å². The summed E-state index contributed by atoms with van der Waals surface area (Å²) in [6.45, 7) is 3.74. The number of rotatable bonds is 5. The zero-order valence-electron chi connectivity index (χ0n) is 18.6. The summed E-state index contributed by atoms with van der Waals surface area (Å²) in [4.78, 5) is 19.3. The van der Waals surface area contributed by atoms with E-state index in [9.17, 15) is 4.79 Å². The maximum atomic E-state index is 12.6. The number of nitrogens with zero attached hydrogens (tertiary/aromatic N) is 5. The molecule has 0 unspecified atom stereocenters. The number of piperidine rings is 1. The van der Waals surface area contributed by atoms with Crippen LogP contribution in [0.5, 0.6) is 0 Å². The van der Waals surface area contributed by atoms with Crippen molar-refractivity contribution in [1.29, 1.82) is 0 Å². The van der Waals surface area contributed by atoms with E-state index < -0.39 is 0 Å². The Morgan fingerprint density at radius 2 is 1.79 bits per heavy atom. The van der Waals surface area contributed by atoms with Crippen LogP contribution in [0.15, 0.2) is 59.8 Å². The van der Waals surface area contributed by atoms with Crippen molar-refractivity contribution in [2.75, 3.05) is 24.7 Å². The van der Waals surface area contributed by atoms with Crippen molar-refractivity contribution in [3.05, 3.63) is 60.2 Å². The first kappa shape index (κ1) is 21.5. The standard InChI is InChI=1S/C25H26N6OS/c1-17-9-11-18(12-10-17)22-15-20(19-7-3-4-8-21(19)27-22)24-28-29-25(31(24)26)33-16-23(32)30-13-5-2-6-14-30/h3-4,7-12,15H,2,5-6,13-14,16,26H2,1H3. The minimum Gasteiger partial charge on any atom is -0.342 e. The van der Waals surface area contributed by atoms with Gasteiger partial charge in [-0.05, 0) is 38.3 Å². The van der Waals surface area contributed by atoms with Gasteiger partial charge in [0.25, 0.3) is 0 Å². The number of thioether (sulfide) groups is 1. The topological polar surface area (TPSA) is 89.9 Å².